The van der Waals surface area contributed by atoms with Gasteiger partial charge in [-0.3, -0.25) is 0 Å². The molecule has 2 aromatic rings. The summed E-state index contributed by atoms with van der Waals surface area (Å²) < 4.78 is 12.9. The van der Waals surface area contributed by atoms with Crippen LogP contribution in [0.3, 0.4) is 0 Å². The number of aromatic carboxylic acids is 1. The minimum atomic E-state index is -1.07. The van der Waals surface area contributed by atoms with Crippen LogP contribution in [0.2, 0.25) is 5.02 Å². The number of carboxylic acids is 1. The van der Waals surface area contributed by atoms with E-state index in [1.165, 1.54) is 18.2 Å². The third-order valence-corrected chi connectivity index (χ3v) is 3.10. The zero-order valence-electron chi connectivity index (χ0n) is 10.1. The molecule has 19 heavy (non-hydrogen) atoms. The Hall–Kier alpha value is -2.07. The standard InChI is InChI=1S/C14H11ClFNO2/c1-17(10-4-2-9(16)3-5-10)11-6-7-12(14(18)19)13(15)8-11/h2-8H,1H3,(H,18,19). The van der Waals surface area contributed by atoms with E-state index in [1.807, 2.05) is 0 Å². The Bertz CT molecular complexity index is 613. The Kier molecular flexibility index (Phi) is 3.71. The number of carbonyl (C=O) groups is 1. The largest absolute Gasteiger partial charge is 0.478 e. The summed E-state index contributed by atoms with van der Waals surface area (Å²) in [6.45, 7) is 0. The smallest absolute Gasteiger partial charge is 0.337 e. The van der Waals surface area contributed by atoms with Crippen LogP contribution in [0.5, 0.6) is 0 Å². The average Bonchev–Trinajstić information content (AvgIpc) is 2.38. The van der Waals surface area contributed by atoms with Crippen LogP contribution in [0.4, 0.5) is 15.8 Å². The Morgan fingerprint density at radius 3 is 2.26 bits per heavy atom. The number of hydrogen-bond acceptors (Lipinski definition) is 2. The highest BCUT2D eigenvalue weighted by atomic mass is 35.5. The molecule has 1 N–H and O–H groups in total. The maximum absolute atomic E-state index is 12.9. The van der Waals surface area contributed by atoms with Crippen molar-refractivity contribution in [3.05, 3.63) is 58.9 Å². The highest BCUT2D eigenvalue weighted by Crippen LogP contribution is 2.28. The lowest BCUT2D eigenvalue weighted by atomic mass is 10.2. The Morgan fingerprint density at radius 2 is 1.74 bits per heavy atom. The van der Waals surface area contributed by atoms with Gasteiger partial charge in [-0.1, -0.05) is 11.6 Å². The number of nitrogens with zero attached hydrogens (tertiary/aromatic N) is 1. The summed E-state index contributed by atoms with van der Waals surface area (Å²) in [7, 11) is 1.79. The van der Waals surface area contributed by atoms with E-state index in [2.05, 4.69) is 0 Å². The molecule has 0 aliphatic rings. The fourth-order valence-electron chi connectivity index (χ4n) is 1.70. The van der Waals surface area contributed by atoms with Gasteiger partial charge in [-0.25, -0.2) is 9.18 Å². The van der Waals surface area contributed by atoms with Crippen LogP contribution in [0.1, 0.15) is 10.4 Å². The lowest BCUT2D eigenvalue weighted by Gasteiger charge is -2.20. The molecule has 0 fully saturated rings. The molecule has 5 heteroatoms. The molecule has 0 atom stereocenters. The number of rotatable bonds is 3. The molecule has 0 unspecified atom stereocenters. The summed E-state index contributed by atoms with van der Waals surface area (Å²) in [6, 6.07) is 10.6. The van der Waals surface area contributed by atoms with Crippen LogP contribution in [0.15, 0.2) is 42.5 Å². The normalized spacial score (nSPS) is 10.3. The van der Waals surface area contributed by atoms with Crippen molar-refractivity contribution in [1.82, 2.24) is 0 Å². The highest BCUT2D eigenvalue weighted by Gasteiger charge is 2.11. The third-order valence-electron chi connectivity index (χ3n) is 2.78. The summed E-state index contributed by atoms with van der Waals surface area (Å²) in [5.74, 6) is -1.38. The van der Waals surface area contributed by atoms with Crippen LogP contribution >= 0.6 is 11.6 Å². The molecule has 0 saturated heterocycles. The van der Waals surface area contributed by atoms with Gasteiger partial charge in [0.2, 0.25) is 0 Å². The zero-order valence-corrected chi connectivity index (χ0v) is 10.9. The van der Waals surface area contributed by atoms with Crippen molar-refractivity contribution in [1.29, 1.82) is 0 Å². The number of carboxylic acid groups (broad SMARTS) is 1. The first-order valence-electron chi connectivity index (χ1n) is 5.51. The molecule has 0 saturated carbocycles. The molecule has 0 aromatic heterocycles. The predicted molar refractivity (Wildman–Crippen MR) is 72.9 cm³/mol. The molecule has 2 aromatic carbocycles. The SMILES string of the molecule is CN(c1ccc(F)cc1)c1ccc(C(=O)O)c(Cl)c1. The minimum Gasteiger partial charge on any atom is -0.478 e. The van der Waals surface area contributed by atoms with Gasteiger partial charge >= 0.3 is 5.97 Å². The molecule has 0 aliphatic carbocycles. The third kappa shape index (κ3) is 2.85. The minimum absolute atomic E-state index is 0.0536. The second-order valence-electron chi connectivity index (χ2n) is 4.00. The van der Waals surface area contributed by atoms with Gasteiger partial charge in [-0.15, -0.1) is 0 Å². The molecule has 3 nitrogen and oxygen atoms in total. The van der Waals surface area contributed by atoms with Crippen molar-refractivity contribution in [2.45, 2.75) is 0 Å². The Labute approximate surface area is 114 Å². The van der Waals surface area contributed by atoms with E-state index in [4.69, 9.17) is 16.7 Å². The lowest BCUT2D eigenvalue weighted by molar-refractivity contribution is 0.0697. The lowest BCUT2D eigenvalue weighted by Crippen LogP contribution is -2.10. The molecule has 2 rings (SSSR count). The van der Waals surface area contributed by atoms with Crippen LogP contribution in [-0.2, 0) is 0 Å². The van der Waals surface area contributed by atoms with Crippen molar-refractivity contribution in [2.24, 2.45) is 0 Å². The van der Waals surface area contributed by atoms with Gasteiger partial charge in [-0.05, 0) is 42.5 Å². The molecule has 0 radical (unpaired) electrons. The highest BCUT2D eigenvalue weighted by molar-refractivity contribution is 6.33. The first-order valence-corrected chi connectivity index (χ1v) is 5.89. The maximum atomic E-state index is 12.9. The van der Waals surface area contributed by atoms with E-state index in [-0.39, 0.29) is 16.4 Å². The van der Waals surface area contributed by atoms with E-state index < -0.39 is 5.97 Å². The fourth-order valence-corrected chi connectivity index (χ4v) is 1.96. The number of halogens is 2. The predicted octanol–water partition coefficient (Wildman–Crippen LogP) is 3.95. The van der Waals surface area contributed by atoms with Crippen LogP contribution in [0.25, 0.3) is 0 Å². The number of hydrogen-bond donors (Lipinski definition) is 1. The van der Waals surface area contributed by atoms with Crippen molar-refractivity contribution in [3.63, 3.8) is 0 Å². The monoisotopic (exact) mass is 279 g/mol. The molecule has 98 valence electrons. The second-order valence-corrected chi connectivity index (χ2v) is 4.41. The molecule has 0 bridgehead atoms. The van der Waals surface area contributed by atoms with Gasteiger partial charge in [0.05, 0.1) is 10.6 Å². The van der Waals surface area contributed by atoms with E-state index in [0.717, 1.165) is 11.4 Å². The summed E-state index contributed by atoms with van der Waals surface area (Å²) in [4.78, 5) is 12.7. The van der Waals surface area contributed by atoms with Gasteiger partial charge in [0, 0.05) is 18.4 Å². The van der Waals surface area contributed by atoms with Crippen LogP contribution in [-0.4, -0.2) is 18.1 Å². The van der Waals surface area contributed by atoms with Gasteiger partial charge in [0.1, 0.15) is 5.82 Å². The second kappa shape index (κ2) is 5.28. The molecular weight excluding hydrogens is 269 g/mol. The average molecular weight is 280 g/mol. The van der Waals surface area contributed by atoms with Crippen molar-refractivity contribution < 1.29 is 14.3 Å². The van der Waals surface area contributed by atoms with E-state index in [9.17, 15) is 9.18 Å². The van der Waals surface area contributed by atoms with Crippen molar-refractivity contribution in [3.8, 4) is 0 Å². The summed E-state index contributed by atoms with van der Waals surface area (Å²) in [6.07, 6.45) is 0. The number of benzene rings is 2. The first kappa shape index (κ1) is 13.4. The van der Waals surface area contributed by atoms with E-state index in [1.54, 1.807) is 36.2 Å². The Balaban J connectivity index is 2.34. The van der Waals surface area contributed by atoms with E-state index in [0.29, 0.717) is 0 Å². The van der Waals surface area contributed by atoms with Gasteiger partial charge in [0.25, 0.3) is 0 Å². The van der Waals surface area contributed by atoms with Gasteiger partial charge < -0.3 is 10.0 Å². The summed E-state index contributed by atoms with van der Waals surface area (Å²) >= 11 is 5.91. The first-order chi connectivity index (χ1) is 8.99. The van der Waals surface area contributed by atoms with Crippen molar-refractivity contribution >= 4 is 28.9 Å². The summed E-state index contributed by atoms with van der Waals surface area (Å²) in [5.41, 5.74) is 1.56. The molecular formula is C14H11ClFNO2. The Morgan fingerprint density at radius 1 is 1.16 bits per heavy atom. The van der Waals surface area contributed by atoms with Crippen molar-refractivity contribution in [2.75, 3.05) is 11.9 Å². The molecule has 0 amide bonds. The van der Waals surface area contributed by atoms with Gasteiger partial charge in [0.15, 0.2) is 0 Å². The number of anilines is 2. The zero-order chi connectivity index (χ0) is 14.0. The maximum Gasteiger partial charge on any atom is 0.337 e. The van der Waals surface area contributed by atoms with Crippen LogP contribution in [0, 0.1) is 5.82 Å². The quantitative estimate of drug-likeness (QED) is 0.925. The molecule has 0 heterocycles. The molecule has 0 aliphatic heterocycles. The summed E-state index contributed by atoms with van der Waals surface area (Å²) in [5, 5.41) is 9.07. The molecule has 0 spiro atoms. The topological polar surface area (TPSA) is 40.5 Å². The van der Waals surface area contributed by atoms with Gasteiger partial charge in [-0.2, -0.15) is 0 Å². The fraction of sp³-hybridized carbons (Fsp3) is 0.0714. The van der Waals surface area contributed by atoms with Crippen LogP contribution < -0.4 is 4.90 Å². The van der Waals surface area contributed by atoms with E-state index >= 15 is 0 Å².